The maximum Gasteiger partial charge on any atom is 0.147 e. The summed E-state index contributed by atoms with van der Waals surface area (Å²) in [6, 6.07) is 4.63. The first-order chi connectivity index (χ1) is 13.1. The number of aromatic nitrogens is 4. The van der Waals surface area contributed by atoms with Crippen molar-refractivity contribution in [2.24, 2.45) is 0 Å². The predicted octanol–water partition coefficient (Wildman–Crippen LogP) is 3.09. The Morgan fingerprint density at radius 3 is 2.74 bits per heavy atom. The standard InChI is InChI=1S/C20H24N6O/c1-13(2)27-19-8-15(12-25-20(19)16(9-21)10-23-25)18-11-24-26(14(18)3)17-4-6-22-7-5-17/h8,10-13,17,22H,4-7H2,1-3H3. The van der Waals surface area contributed by atoms with Gasteiger partial charge in [0.1, 0.15) is 22.9 Å². The monoisotopic (exact) mass is 364 g/mol. The average Bonchev–Trinajstić information content (AvgIpc) is 3.25. The van der Waals surface area contributed by atoms with Crippen LogP contribution in [0.15, 0.2) is 24.7 Å². The van der Waals surface area contributed by atoms with Crippen molar-refractivity contribution in [1.82, 2.24) is 24.7 Å². The smallest absolute Gasteiger partial charge is 0.147 e. The van der Waals surface area contributed by atoms with E-state index in [9.17, 15) is 5.26 Å². The van der Waals surface area contributed by atoms with E-state index in [0.717, 1.165) is 42.8 Å². The largest absolute Gasteiger partial charge is 0.489 e. The molecule has 4 rings (SSSR count). The Kier molecular flexibility index (Phi) is 4.58. The topological polar surface area (TPSA) is 80.2 Å². The molecule has 0 saturated carbocycles. The Labute approximate surface area is 158 Å². The Balaban J connectivity index is 1.80. The molecular formula is C20H24N6O. The van der Waals surface area contributed by atoms with Crippen LogP contribution in [0.2, 0.25) is 0 Å². The number of rotatable bonds is 4. The van der Waals surface area contributed by atoms with E-state index in [1.54, 1.807) is 10.7 Å². The summed E-state index contributed by atoms with van der Waals surface area (Å²) in [5.41, 5.74) is 4.42. The Morgan fingerprint density at radius 2 is 2.04 bits per heavy atom. The Bertz CT molecular complexity index is 1000. The predicted molar refractivity (Wildman–Crippen MR) is 103 cm³/mol. The lowest BCUT2D eigenvalue weighted by molar-refractivity contribution is 0.244. The van der Waals surface area contributed by atoms with Gasteiger partial charge in [-0.2, -0.15) is 15.5 Å². The van der Waals surface area contributed by atoms with E-state index < -0.39 is 0 Å². The molecule has 1 aliphatic heterocycles. The number of pyridine rings is 1. The molecule has 1 N–H and O–H groups in total. The molecule has 1 aliphatic rings. The molecule has 0 aromatic carbocycles. The van der Waals surface area contributed by atoms with Gasteiger partial charge in [0.25, 0.3) is 0 Å². The molecule has 0 spiro atoms. The second kappa shape index (κ2) is 7.05. The number of fused-ring (bicyclic) bond motifs is 1. The second-order valence-electron chi connectivity index (χ2n) is 7.29. The summed E-state index contributed by atoms with van der Waals surface area (Å²) in [6.07, 6.45) is 7.63. The zero-order valence-electron chi connectivity index (χ0n) is 15.9. The molecule has 0 radical (unpaired) electrons. The number of nitrogens with zero attached hydrogens (tertiary/aromatic N) is 5. The van der Waals surface area contributed by atoms with Gasteiger partial charge in [0.2, 0.25) is 0 Å². The molecule has 0 amide bonds. The van der Waals surface area contributed by atoms with Crippen LogP contribution < -0.4 is 10.1 Å². The molecular weight excluding hydrogens is 340 g/mol. The van der Waals surface area contributed by atoms with Gasteiger partial charge in [-0.15, -0.1) is 0 Å². The second-order valence-corrected chi connectivity index (χ2v) is 7.29. The first-order valence-corrected chi connectivity index (χ1v) is 9.42. The summed E-state index contributed by atoms with van der Waals surface area (Å²) in [7, 11) is 0. The van der Waals surface area contributed by atoms with Crippen molar-refractivity contribution in [2.45, 2.75) is 45.8 Å². The summed E-state index contributed by atoms with van der Waals surface area (Å²) >= 11 is 0. The molecule has 7 heteroatoms. The average molecular weight is 364 g/mol. The van der Waals surface area contributed by atoms with Crippen molar-refractivity contribution in [2.75, 3.05) is 13.1 Å². The van der Waals surface area contributed by atoms with Crippen LogP contribution in [0.4, 0.5) is 0 Å². The van der Waals surface area contributed by atoms with Crippen LogP contribution in [0.5, 0.6) is 5.75 Å². The van der Waals surface area contributed by atoms with Crippen molar-refractivity contribution in [3.8, 4) is 22.9 Å². The van der Waals surface area contributed by atoms with E-state index in [4.69, 9.17) is 4.74 Å². The maximum absolute atomic E-state index is 9.38. The van der Waals surface area contributed by atoms with E-state index in [0.29, 0.717) is 22.9 Å². The molecule has 0 bridgehead atoms. The lowest BCUT2D eigenvalue weighted by Gasteiger charge is -2.24. The molecule has 1 saturated heterocycles. The van der Waals surface area contributed by atoms with Crippen LogP contribution >= 0.6 is 0 Å². The minimum absolute atomic E-state index is 0.00375. The molecule has 0 aliphatic carbocycles. The van der Waals surface area contributed by atoms with E-state index in [1.807, 2.05) is 32.3 Å². The van der Waals surface area contributed by atoms with E-state index in [2.05, 4.69) is 33.2 Å². The van der Waals surface area contributed by atoms with Crippen LogP contribution in [0, 0.1) is 18.3 Å². The summed E-state index contributed by atoms with van der Waals surface area (Å²) in [5.74, 6) is 0.672. The van der Waals surface area contributed by atoms with E-state index in [1.165, 1.54) is 0 Å². The molecule has 3 aromatic rings. The van der Waals surface area contributed by atoms with Crippen LogP contribution in [-0.2, 0) is 0 Å². The number of piperidine rings is 1. The van der Waals surface area contributed by atoms with Crippen LogP contribution in [0.3, 0.4) is 0 Å². The zero-order valence-corrected chi connectivity index (χ0v) is 15.9. The highest BCUT2D eigenvalue weighted by Gasteiger charge is 2.21. The van der Waals surface area contributed by atoms with Gasteiger partial charge < -0.3 is 10.1 Å². The molecule has 4 heterocycles. The van der Waals surface area contributed by atoms with Gasteiger partial charge >= 0.3 is 0 Å². The van der Waals surface area contributed by atoms with Gasteiger partial charge in [-0.25, -0.2) is 4.52 Å². The van der Waals surface area contributed by atoms with Crippen LogP contribution in [-0.4, -0.2) is 38.6 Å². The minimum atomic E-state index is 0.00375. The van der Waals surface area contributed by atoms with Crippen LogP contribution in [0.1, 0.15) is 44.0 Å². The van der Waals surface area contributed by atoms with Gasteiger partial charge in [0.05, 0.1) is 24.5 Å². The van der Waals surface area contributed by atoms with Crippen molar-refractivity contribution in [3.05, 3.63) is 35.9 Å². The van der Waals surface area contributed by atoms with Crippen molar-refractivity contribution in [1.29, 1.82) is 5.26 Å². The molecule has 1 fully saturated rings. The fraction of sp³-hybridized carbons (Fsp3) is 0.450. The lowest BCUT2D eigenvalue weighted by atomic mass is 10.1. The summed E-state index contributed by atoms with van der Waals surface area (Å²) in [5, 5.41) is 21.8. The van der Waals surface area contributed by atoms with Gasteiger partial charge in [-0.05, 0) is 52.8 Å². The van der Waals surface area contributed by atoms with E-state index >= 15 is 0 Å². The Hall–Kier alpha value is -2.85. The summed E-state index contributed by atoms with van der Waals surface area (Å²) < 4.78 is 9.88. The van der Waals surface area contributed by atoms with Gasteiger partial charge in [-0.1, -0.05) is 0 Å². The highest BCUT2D eigenvalue weighted by Crippen LogP contribution is 2.33. The normalized spacial score (nSPS) is 15.4. The molecule has 7 nitrogen and oxygen atoms in total. The maximum atomic E-state index is 9.38. The molecule has 27 heavy (non-hydrogen) atoms. The van der Waals surface area contributed by atoms with Crippen molar-refractivity contribution >= 4 is 5.52 Å². The summed E-state index contributed by atoms with van der Waals surface area (Å²) in [4.78, 5) is 0. The first-order valence-electron chi connectivity index (χ1n) is 9.42. The van der Waals surface area contributed by atoms with E-state index in [-0.39, 0.29) is 6.10 Å². The van der Waals surface area contributed by atoms with Crippen molar-refractivity contribution < 1.29 is 4.74 Å². The number of ether oxygens (including phenoxy) is 1. The Morgan fingerprint density at radius 1 is 1.26 bits per heavy atom. The third-order valence-electron chi connectivity index (χ3n) is 5.07. The van der Waals surface area contributed by atoms with Crippen LogP contribution in [0.25, 0.3) is 16.6 Å². The fourth-order valence-electron chi connectivity index (χ4n) is 3.78. The molecule has 0 unspecified atom stereocenters. The number of nitriles is 1. The third kappa shape index (κ3) is 3.17. The quantitative estimate of drug-likeness (QED) is 0.769. The molecule has 0 atom stereocenters. The minimum Gasteiger partial charge on any atom is -0.489 e. The van der Waals surface area contributed by atoms with Crippen molar-refractivity contribution in [3.63, 3.8) is 0 Å². The SMILES string of the molecule is Cc1c(-c2cc(OC(C)C)c3c(C#N)cnn3c2)cnn1C1CCNCC1. The van der Waals surface area contributed by atoms with Gasteiger partial charge in [0, 0.05) is 23.0 Å². The molecule has 140 valence electrons. The molecule has 3 aromatic heterocycles. The number of hydrogen-bond donors (Lipinski definition) is 1. The lowest BCUT2D eigenvalue weighted by Crippen LogP contribution is -2.30. The van der Waals surface area contributed by atoms with Gasteiger partial charge in [0.15, 0.2) is 0 Å². The summed E-state index contributed by atoms with van der Waals surface area (Å²) in [6.45, 7) is 8.13. The fourth-order valence-corrected chi connectivity index (χ4v) is 3.78. The van der Waals surface area contributed by atoms with Gasteiger partial charge in [-0.3, -0.25) is 4.68 Å². The zero-order chi connectivity index (χ0) is 19.0. The third-order valence-corrected chi connectivity index (χ3v) is 5.07. The number of hydrogen-bond acceptors (Lipinski definition) is 5. The highest BCUT2D eigenvalue weighted by atomic mass is 16.5. The highest BCUT2D eigenvalue weighted by molar-refractivity contribution is 5.76. The first kappa shape index (κ1) is 17.6. The number of nitrogens with one attached hydrogen (secondary N) is 1.